The molecule has 4 heteroatoms. The zero-order valence-corrected chi connectivity index (χ0v) is 14.7. The average Bonchev–Trinajstić information content (AvgIpc) is 2.53. The summed E-state index contributed by atoms with van der Waals surface area (Å²) in [5.41, 5.74) is 1.63. The summed E-state index contributed by atoms with van der Waals surface area (Å²) in [6, 6.07) is 7.57. The van der Waals surface area contributed by atoms with Crippen LogP contribution in [0.3, 0.4) is 0 Å². The number of aryl methyl sites for hydroxylation is 1. The summed E-state index contributed by atoms with van der Waals surface area (Å²) in [4.78, 5) is 12.5. The van der Waals surface area contributed by atoms with Crippen LogP contribution in [0.15, 0.2) is 24.3 Å². The van der Waals surface area contributed by atoms with Crippen LogP contribution in [0.25, 0.3) is 0 Å². The Morgan fingerprint density at radius 2 is 1.72 bits per heavy atom. The van der Waals surface area contributed by atoms with E-state index in [1.165, 1.54) is 0 Å². The van der Waals surface area contributed by atoms with E-state index in [0.717, 1.165) is 49.7 Å². The van der Waals surface area contributed by atoms with Crippen molar-refractivity contribution in [1.29, 1.82) is 0 Å². The molecule has 0 aliphatic heterocycles. The Hall–Kier alpha value is -1.32. The predicted octanol–water partition coefficient (Wildman–Crippen LogP) is 6.36. The van der Waals surface area contributed by atoms with Gasteiger partial charge in [-0.1, -0.05) is 43.5 Å². The molecule has 25 heavy (non-hydrogen) atoms. The van der Waals surface area contributed by atoms with Gasteiger partial charge in [-0.3, -0.25) is 4.79 Å². The zero-order chi connectivity index (χ0) is 17.9. The van der Waals surface area contributed by atoms with Crippen LogP contribution in [0.4, 0.5) is 13.2 Å². The topological polar surface area (TPSA) is 17.1 Å². The maximum absolute atomic E-state index is 13.3. The second kappa shape index (κ2) is 7.51. The van der Waals surface area contributed by atoms with Crippen molar-refractivity contribution < 1.29 is 18.0 Å². The number of carbonyl (C=O) groups is 1. The van der Waals surface area contributed by atoms with Gasteiger partial charge in [-0.05, 0) is 54.6 Å². The van der Waals surface area contributed by atoms with Crippen LogP contribution in [-0.4, -0.2) is 12.0 Å². The Labute approximate surface area is 148 Å². The van der Waals surface area contributed by atoms with Crippen LogP contribution in [0.1, 0.15) is 81.3 Å². The molecule has 0 amide bonds. The van der Waals surface area contributed by atoms with Gasteiger partial charge in [0.25, 0.3) is 0 Å². The van der Waals surface area contributed by atoms with Crippen LogP contribution in [0.2, 0.25) is 0 Å². The third kappa shape index (κ3) is 4.86. The van der Waals surface area contributed by atoms with Crippen LogP contribution >= 0.6 is 0 Å². The van der Waals surface area contributed by atoms with Crippen LogP contribution in [0.5, 0.6) is 0 Å². The molecule has 0 radical (unpaired) electrons. The lowest BCUT2D eigenvalue weighted by Crippen LogP contribution is -2.31. The monoisotopic (exact) mass is 352 g/mol. The lowest BCUT2D eigenvalue weighted by molar-refractivity contribution is -0.141. The molecule has 1 nitrogen and oxygen atoms in total. The van der Waals surface area contributed by atoms with Crippen LogP contribution < -0.4 is 0 Å². The standard InChI is InChI=1S/C21H27F3O/c22-21(23,24)14-17-13-20(11-4-1-5-12-20)15-18(25)9-6-8-16-7-2-3-10-19(16)17/h2-3,7,10,17H,1,4-6,8-9,11-15H2. The minimum atomic E-state index is -4.18. The Kier molecular flexibility index (Phi) is 5.55. The van der Waals surface area contributed by atoms with Gasteiger partial charge in [0.1, 0.15) is 5.78 Å². The van der Waals surface area contributed by atoms with Crippen molar-refractivity contribution in [3.8, 4) is 0 Å². The van der Waals surface area contributed by atoms with Crippen molar-refractivity contribution in [2.45, 2.75) is 82.7 Å². The highest BCUT2D eigenvalue weighted by Gasteiger charge is 2.41. The molecule has 0 aromatic heterocycles. The van der Waals surface area contributed by atoms with Gasteiger partial charge in [-0.25, -0.2) is 0 Å². The first-order valence-electron chi connectivity index (χ1n) is 9.53. The average molecular weight is 352 g/mol. The molecule has 1 aromatic rings. The van der Waals surface area contributed by atoms with Gasteiger partial charge < -0.3 is 0 Å². The first-order valence-corrected chi connectivity index (χ1v) is 9.53. The number of Topliss-reactive ketones (excluding diaryl/α,β-unsaturated/α-hetero) is 1. The van der Waals surface area contributed by atoms with E-state index in [9.17, 15) is 18.0 Å². The summed E-state index contributed by atoms with van der Waals surface area (Å²) in [5, 5.41) is 0. The van der Waals surface area contributed by atoms with E-state index < -0.39 is 18.5 Å². The van der Waals surface area contributed by atoms with Crippen molar-refractivity contribution in [3.63, 3.8) is 0 Å². The molecule has 1 spiro atoms. The molecule has 2 aliphatic carbocycles. The molecule has 0 heterocycles. The van der Waals surface area contributed by atoms with Crippen LogP contribution in [0, 0.1) is 5.41 Å². The van der Waals surface area contributed by atoms with E-state index >= 15 is 0 Å². The quantitative estimate of drug-likeness (QED) is 0.575. The van der Waals surface area contributed by atoms with E-state index in [1.54, 1.807) is 0 Å². The maximum Gasteiger partial charge on any atom is 0.389 e. The normalized spacial score (nSPS) is 24.8. The van der Waals surface area contributed by atoms with Crippen molar-refractivity contribution in [2.75, 3.05) is 0 Å². The fraction of sp³-hybridized carbons (Fsp3) is 0.667. The Morgan fingerprint density at radius 1 is 1.00 bits per heavy atom. The number of ketones is 1. The molecule has 2 aliphatic rings. The summed E-state index contributed by atoms with van der Waals surface area (Å²) in [6.07, 6.45) is 3.01. The van der Waals surface area contributed by atoms with Gasteiger partial charge >= 0.3 is 6.18 Å². The number of carbonyl (C=O) groups excluding carboxylic acids is 1. The molecule has 138 valence electrons. The van der Waals surface area contributed by atoms with E-state index in [0.29, 0.717) is 25.7 Å². The number of benzene rings is 1. The summed E-state index contributed by atoms with van der Waals surface area (Å²) < 4.78 is 39.9. The second-order valence-electron chi connectivity index (χ2n) is 8.05. The first-order chi connectivity index (χ1) is 11.9. The number of hydrogen-bond donors (Lipinski definition) is 0. The van der Waals surface area contributed by atoms with Gasteiger partial charge in [0.15, 0.2) is 0 Å². The smallest absolute Gasteiger partial charge is 0.300 e. The summed E-state index contributed by atoms with van der Waals surface area (Å²) >= 11 is 0. The SMILES string of the molecule is O=C1CCCc2ccccc2C(CC(F)(F)F)CC2(CCCCC2)C1. The van der Waals surface area contributed by atoms with Crippen molar-refractivity contribution in [2.24, 2.45) is 5.41 Å². The lowest BCUT2D eigenvalue weighted by atomic mass is 9.64. The fourth-order valence-electron chi connectivity index (χ4n) is 4.99. The van der Waals surface area contributed by atoms with E-state index in [2.05, 4.69) is 0 Å². The summed E-state index contributed by atoms with van der Waals surface area (Å²) in [5.74, 6) is -0.285. The lowest BCUT2D eigenvalue weighted by Gasteiger charge is -2.41. The first kappa shape index (κ1) is 18.5. The van der Waals surface area contributed by atoms with Crippen molar-refractivity contribution >= 4 is 5.78 Å². The Bertz CT molecular complexity index is 599. The predicted molar refractivity (Wildman–Crippen MR) is 92.6 cm³/mol. The maximum atomic E-state index is 13.3. The van der Waals surface area contributed by atoms with E-state index in [-0.39, 0.29) is 11.2 Å². The number of rotatable bonds is 1. The van der Waals surface area contributed by atoms with Crippen molar-refractivity contribution in [3.05, 3.63) is 35.4 Å². The van der Waals surface area contributed by atoms with Crippen LogP contribution in [-0.2, 0) is 11.2 Å². The largest absolute Gasteiger partial charge is 0.389 e. The molecule has 0 N–H and O–H groups in total. The molecule has 1 atom stereocenters. The number of alkyl halides is 3. The Balaban J connectivity index is 1.98. The second-order valence-corrected chi connectivity index (χ2v) is 8.05. The highest BCUT2D eigenvalue weighted by molar-refractivity contribution is 5.79. The molecular formula is C21H27F3O. The molecule has 1 unspecified atom stereocenters. The number of fused-ring (bicyclic) bond motifs is 1. The minimum Gasteiger partial charge on any atom is -0.300 e. The Morgan fingerprint density at radius 3 is 2.44 bits per heavy atom. The molecular weight excluding hydrogens is 325 g/mol. The fourth-order valence-corrected chi connectivity index (χ4v) is 4.99. The zero-order valence-electron chi connectivity index (χ0n) is 14.7. The molecule has 1 saturated carbocycles. The third-order valence-electron chi connectivity index (χ3n) is 6.04. The van der Waals surface area contributed by atoms with Gasteiger partial charge in [-0.15, -0.1) is 0 Å². The molecule has 0 bridgehead atoms. The summed E-state index contributed by atoms with van der Waals surface area (Å²) in [6.45, 7) is 0. The molecule has 3 rings (SSSR count). The highest BCUT2D eigenvalue weighted by Crippen LogP contribution is 2.50. The number of hydrogen-bond acceptors (Lipinski definition) is 1. The summed E-state index contributed by atoms with van der Waals surface area (Å²) in [7, 11) is 0. The minimum absolute atomic E-state index is 0.226. The molecule has 1 aromatic carbocycles. The van der Waals surface area contributed by atoms with Crippen molar-refractivity contribution in [1.82, 2.24) is 0 Å². The number of halogens is 3. The molecule has 0 saturated heterocycles. The van der Waals surface area contributed by atoms with Gasteiger partial charge in [0.2, 0.25) is 0 Å². The van der Waals surface area contributed by atoms with Gasteiger partial charge in [0.05, 0.1) is 6.42 Å². The van der Waals surface area contributed by atoms with Gasteiger partial charge in [-0.2, -0.15) is 13.2 Å². The van der Waals surface area contributed by atoms with E-state index in [4.69, 9.17) is 0 Å². The third-order valence-corrected chi connectivity index (χ3v) is 6.04. The molecule has 1 fully saturated rings. The van der Waals surface area contributed by atoms with E-state index in [1.807, 2.05) is 24.3 Å². The highest BCUT2D eigenvalue weighted by atomic mass is 19.4. The van der Waals surface area contributed by atoms with Gasteiger partial charge in [0, 0.05) is 12.8 Å².